The molecule has 0 unspecified atom stereocenters. The van der Waals surface area contributed by atoms with Gasteiger partial charge in [-0.25, -0.2) is 0 Å². The monoisotopic (exact) mass is 207 g/mol. The maximum Gasteiger partial charge on any atom is 0.159 e. The van der Waals surface area contributed by atoms with Crippen LogP contribution in [0.2, 0.25) is 0 Å². The van der Waals surface area contributed by atoms with E-state index in [1.54, 1.807) is 0 Å². The van der Waals surface area contributed by atoms with Crippen molar-refractivity contribution in [2.45, 2.75) is 25.2 Å². The van der Waals surface area contributed by atoms with E-state index in [-0.39, 0.29) is 12.3 Å². The van der Waals surface area contributed by atoms with E-state index in [1.807, 2.05) is 30.3 Å². The third-order valence-corrected chi connectivity index (χ3v) is 2.57. The van der Waals surface area contributed by atoms with Gasteiger partial charge in [0, 0.05) is 12.5 Å². The molecule has 2 N–H and O–H groups in total. The van der Waals surface area contributed by atoms with E-state index in [0.717, 1.165) is 31.6 Å². The molecule has 1 heterocycles. The van der Waals surface area contributed by atoms with Crippen molar-refractivity contribution in [3.8, 4) is 0 Å². The van der Waals surface area contributed by atoms with E-state index in [4.69, 9.17) is 15.2 Å². The van der Waals surface area contributed by atoms with E-state index in [9.17, 15) is 0 Å². The average Bonchev–Trinajstić information content (AvgIpc) is 2.31. The molecule has 82 valence electrons. The van der Waals surface area contributed by atoms with Gasteiger partial charge < -0.3 is 15.2 Å². The van der Waals surface area contributed by atoms with Gasteiger partial charge in [-0.3, -0.25) is 0 Å². The van der Waals surface area contributed by atoms with Gasteiger partial charge in [-0.15, -0.1) is 0 Å². The van der Waals surface area contributed by atoms with Gasteiger partial charge in [0.25, 0.3) is 0 Å². The summed E-state index contributed by atoms with van der Waals surface area (Å²) in [5, 5.41) is 0. The zero-order chi connectivity index (χ0) is 10.5. The Balaban J connectivity index is 1.88. The highest BCUT2D eigenvalue weighted by Gasteiger charge is 2.18. The first-order valence-electron chi connectivity index (χ1n) is 5.40. The van der Waals surface area contributed by atoms with Crippen LogP contribution in [-0.4, -0.2) is 19.5 Å². The molecule has 0 amide bonds. The number of hydrogen-bond donors (Lipinski definition) is 1. The molecule has 1 aliphatic heterocycles. The van der Waals surface area contributed by atoms with Crippen molar-refractivity contribution in [2.24, 2.45) is 5.73 Å². The van der Waals surface area contributed by atoms with E-state index < -0.39 is 0 Å². The van der Waals surface area contributed by atoms with Gasteiger partial charge in [-0.1, -0.05) is 30.3 Å². The molecule has 0 spiro atoms. The fourth-order valence-corrected chi connectivity index (χ4v) is 1.72. The molecule has 0 saturated carbocycles. The van der Waals surface area contributed by atoms with Crippen LogP contribution < -0.4 is 5.73 Å². The first-order chi connectivity index (χ1) is 7.36. The van der Waals surface area contributed by atoms with E-state index in [2.05, 4.69) is 0 Å². The van der Waals surface area contributed by atoms with Crippen molar-refractivity contribution in [1.29, 1.82) is 0 Å². The van der Waals surface area contributed by atoms with Crippen molar-refractivity contribution >= 4 is 0 Å². The summed E-state index contributed by atoms with van der Waals surface area (Å²) in [4.78, 5) is 0. The van der Waals surface area contributed by atoms with Crippen LogP contribution in [0.25, 0.3) is 0 Å². The first kappa shape index (κ1) is 10.6. The molecule has 3 heteroatoms. The predicted molar refractivity (Wildman–Crippen MR) is 58.3 cm³/mol. The molecule has 1 atom stereocenters. The first-order valence-corrected chi connectivity index (χ1v) is 5.40. The summed E-state index contributed by atoms with van der Waals surface area (Å²) < 4.78 is 10.9. The molecule has 0 aliphatic carbocycles. The Morgan fingerprint density at radius 2 is 1.87 bits per heavy atom. The summed E-state index contributed by atoms with van der Waals surface area (Å²) in [6.45, 7) is 1.57. The SMILES string of the molecule is N[C@H](CC1OCCCO1)c1ccccc1. The zero-order valence-electron chi connectivity index (χ0n) is 8.76. The second-order valence-corrected chi connectivity index (χ2v) is 3.78. The number of benzene rings is 1. The summed E-state index contributed by atoms with van der Waals surface area (Å²) in [5.74, 6) is 0. The second-order valence-electron chi connectivity index (χ2n) is 3.78. The van der Waals surface area contributed by atoms with Crippen LogP contribution >= 0.6 is 0 Å². The Bertz CT molecular complexity index is 283. The van der Waals surface area contributed by atoms with Gasteiger partial charge in [0.2, 0.25) is 0 Å². The molecule has 1 saturated heterocycles. The fraction of sp³-hybridized carbons (Fsp3) is 0.500. The minimum atomic E-state index is -0.131. The normalized spacial score (nSPS) is 20.1. The van der Waals surface area contributed by atoms with Crippen LogP contribution in [-0.2, 0) is 9.47 Å². The van der Waals surface area contributed by atoms with Gasteiger partial charge in [0.05, 0.1) is 13.2 Å². The van der Waals surface area contributed by atoms with E-state index in [1.165, 1.54) is 0 Å². The average molecular weight is 207 g/mol. The molecule has 3 nitrogen and oxygen atoms in total. The lowest BCUT2D eigenvalue weighted by molar-refractivity contribution is -0.183. The smallest absolute Gasteiger partial charge is 0.159 e. The second kappa shape index (κ2) is 5.26. The standard InChI is InChI=1S/C12H17NO2/c13-11(10-5-2-1-3-6-10)9-12-14-7-4-8-15-12/h1-3,5-6,11-12H,4,7-9,13H2/t11-/m1/s1. The summed E-state index contributed by atoms with van der Waals surface area (Å²) in [6.07, 6.45) is 1.58. The van der Waals surface area contributed by atoms with Crippen LogP contribution in [0.15, 0.2) is 30.3 Å². The van der Waals surface area contributed by atoms with E-state index in [0.29, 0.717) is 0 Å². The quantitative estimate of drug-likeness (QED) is 0.822. The maximum absolute atomic E-state index is 6.07. The zero-order valence-corrected chi connectivity index (χ0v) is 8.76. The van der Waals surface area contributed by atoms with Crippen molar-refractivity contribution in [2.75, 3.05) is 13.2 Å². The summed E-state index contributed by atoms with van der Waals surface area (Å²) >= 11 is 0. The molecule has 0 bridgehead atoms. The third kappa shape index (κ3) is 3.02. The molecular weight excluding hydrogens is 190 g/mol. The number of rotatable bonds is 3. The fourth-order valence-electron chi connectivity index (χ4n) is 1.72. The largest absolute Gasteiger partial charge is 0.353 e. The van der Waals surface area contributed by atoms with Crippen molar-refractivity contribution < 1.29 is 9.47 Å². The Morgan fingerprint density at radius 1 is 1.20 bits per heavy atom. The lowest BCUT2D eigenvalue weighted by Gasteiger charge is -2.25. The summed E-state index contributed by atoms with van der Waals surface area (Å²) in [7, 11) is 0. The molecule has 1 fully saturated rings. The third-order valence-electron chi connectivity index (χ3n) is 2.57. The number of hydrogen-bond acceptors (Lipinski definition) is 3. The van der Waals surface area contributed by atoms with Gasteiger partial charge in [0.15, 0.2) is 6.29 Å². The van der Waals surface area contributed by atoms with Gasteiger partial charge in [0.1, 0.15) is 0 Å². The van der Waals surface area contributed by atoms with Crippen LogP contribution in [0.3, 0.4) is 0 Å². The minimum Gasteiger partial charge on any atom is -0.353 e. The minimum absolute atomic E-state index is 0.00528. The highest BCUT2D eigenvalue weighted by atomic mass is 16.7. The highest BCUT2D eigenvalue weighted by Crippen LogP contribution is 2.19. The topological polar surface area (TPSA) is 44.5 Å². The van der Waals surface area contributed by atoms with Crippen LogP contribution in [0.5, 0.6) is 0 Å². The van der Waals surface area contributed by atoms with Gasteiger partial charge in [-0.05, 0) is 12.0 Å². The van der Waals surface area contributed by atoms with Crippen LogP contribution in [0, 0.1) is 0 Å². The molecule has 15 heavy (non-hydrogen) atoms. The lowest BCUT2D eigenvalue weighted by Crippen LogP contribution is -2.28. The molecule has 0 radical (unpaired) electrons. The van der Waals surface area contributed by atoms with Gasteiger partial charge >= 0.3 is 0 Å². The van der Waals surface area contributed by atoms with Crippen LogP contribution in [0.4, 0.5) is 0 Å². The predicted octanol–water partition coefficient (Wildman–Crippen LogP) is 1.84. The summed E-state index contributed by atoms with van der Waals surface area (Å²) in [6, 6.07) is 10.1. The molecule has 1 aliphatic rings. The molecular formula is C12H17NO2. The van der Waals surface area contributed by atoms with Crippen molar-refractivity contribution in [3.05, 3.63) is 35.9 Å². The Labute approximate surface area is 90.2 Å². The molecule has 1 aromatic carbocycles. The number of ether oxygens (including phenoxy) is 2. The molecule has 1 aromatic rings. The maximum atomic E-state index is 6.07. The molecule has 2 rings (SSSR count). The Kier molecular flexibility index (Phi) is 3.72. The summed E-state index contributed by atoms with van der Waals surface area (Å²) in [5.41, 5.74) is 7.20. The van der Waals surface area contributed by atoms with Crippen molar-refractivity contribution in [3.63, 3.8) is 0 Å². The van der Waals surface area contributed by atoms with E-state index >= 15 is 0 Å². The van der Waals surface area contributed by atoms with Gasteiger partial charge in [-0.2, -0.15) is 0 Å². The highest BCUT2D eigenvalue weighted by molar-refractivity contribution is 5.18. The molecule has 0 aromatic heterocycles. The van der Waals surface area contributed by atoms with Crippen molar-refractivity contribution in [1.82, 2.24) is 0 Å². The lowest BCUT2D eigenvalue weighted by atomic mass is 10.0. The number of nitrogens with two attached hydrogens (primary N) is 1. The Hall–Kier alpha value is -0.900. The van der Waals surface area contributed by atoms with Crippen LogP contribution in [0.1, 0.15) is 24.4 Å². The Morgan fingerprint density at radius 3 is 2.53 bits per heavy atom.